The third kappa shape index (κ3) is 11.2. The number of carbonyl (C=O) groups is 2. The molecular weight excluding hydrogens is 608 g/mol. The average Bonchev–Trinajstić information content (AvgIpc) is 3.03. The molecule has 0 amide bonds. The predicted molar refractivity (Wildman–Crippen MR) is 162 cm³/mol. The van der Waals surface area contributed by atoms with Gasteiger partial charge >= 0.3 is 11.9 Å². The summed E-state index contributed by atoms with van der Waals surface area (Å²) in [5.41, 5.74) is 2.04. The first-order valence-electron chi connectivity index (χ1n) is 14.5. The van der Waals surface area contributed by atoms with Gasteiger partial charge in [-0.2, -0.15) is 0 Å². The summed E-state index contributed by atoms with van der Waals surface area (Å²) in [5, 5.41) is 77.8. The lowest BCUT2D eigenvalue weighted by molar-refractivity contribution is -0.291. The molecule has 0 aromatic carbocycles. The van der Waals surface area contributed by atoms with Crippen molar-refractivity contribution in [3.05, 3.63) is 83.1 Å². The van der Waals surface area contributed by atoms with Gasteiger partial charge < -0.3 is 59.8 Å². The van der Waals surface area contributed by atoms with Crippen LogP contribution in [0.25, 0.3) is 0 Å². The van der Waals surface area contributed by atoms with Crippen LogP contribution in [0.1, 0.15) is 27.7 Å². The molecule has 2 heterocycles. The summed E-state index contributed by atoms with van der Waals surface area (Å²) in [6, 6.07) is 0. The lowest BCUT2D eigenvalue weighted by atomic mass is 9.99. The second-order valence-corrected chi connectivity index (χ2v) is 10.8. The van der Waals surface area contributed by atoms with Crippen LogP contribution in [-0.4, -0.2) is 127 Å². The summed E-state index contributed by atoms with van der Waals surface area (Å²) in [6.45, 7) is 5.36. The molecule has 2 rings (SSSR count). The van der Waals surface area contributed by atoms with E-state index in [9.17, 15) is 50.4 Å². The van der Waals surface area contributed by atoms with Gasteiger partial charge in [0.05, 0.1) is 13.2 Å². The molecule has 2 aliphatic rings. The topological polar surface area (TPSA) is 233 Å². The van der Waals surface area contributed by atoms with E-state index in [1.54, 1.807) is 36.5 Å². The van der Waals surface area contributed by atoms with Crippen LogP contribution in [0.15, 0.2) is 83.1 Å². The molecule has 0 bridgehead atoms. The molecule has 14 heteroatoms. The second kappa shape index (κ2) is 18.8. The molecule has 256 valence electrons. The molecule has 0 saturated carbocycles. The molecule has 0 aromatic rings. The zero-order valence-electron chi connectivity index (χ0n) is 26.0. The quantitative estimate of drug-likeness (QED) is 0.0728. The number of carbonyl (C=O) groups excluding carboxylic acids is 2. The summed E-state index contributed by atoms with van der Waals surface area (Å²) in [7, 11) is 0. The first-order chi connectivity index (χ1) is 21.7. The van der Waals surface area contributed by atoms with Crippen molar-refractivity contribution in [2.24, 2.45) is 0 Å². The molecule has 0 spiro atoms. The van der Waals surface area contributed by atoms with E-state index in [4.69, 9.17) is 18.9 Å². The van der Waals surface area contributed by atoms with Crippen LogP contribution < -0.4 is 0 Å². The zero-order valence-corrected chi connectivity index (χ0v) is 26.0. The predicted octanol–water partition coefficient (Wildman–Crippen LogP) is -0.874. The Bertz CT molecular complexity index is 1150. The molecule has 10 unspecified atom stereocenters. The Morgan fingerprint density at radius 3 is 1.22 bits per heavy atom. The molecule has 2 aliphatic heterocycles. The highest BCUT2D eigenvalue weighted by atomic mass is 16.7. The van der Waals surface area contributed by atoms with Crippen LogP contribution in [0.3, 0.4) is 0 Å². The molecule has 0 radical (unpaired) electrons. The van der Waals surface area contributed by atoms with Gasteiger partial charge in [-0.3, -0.25) is 0 Å². The minimum Gasteiger partial charge on any atom is -0.429 e. The van der Waals surface area contributed by atoms with Gasteiger partial charge in [0, 0.05) is 11.1 Å². The number of aliphatic hydroxyl groups excluding tert-OH is 8. The Labute approximate surface area is 266 Å². The van der Waals surface area contributed by atoms with Gasteiger partial charge in [0.2, 0.25) is 12.6 Å². The van der Waals surface area contributed by atoms with Crippen molar-refractivity contribution >= 4 is 11.9 Å². The molecule has 46 heavy (non-hydrogen) atoms. The molecule has 2 fully saturated rings. The number of aliphatic hydroxyl groups is 8. The molecule has 10 atom stereocenters. The van der Waals surface area contributed by atoms with Crippen molar-refractivity contribution in [1.82, 2.24) is 0 Å². The van der Waals surface area contributed by atoms with Crippen LogP contribution in [0.4, 0.5) is 0 Å². The third-order valence-corrected chi connectivity index (χ3v) is 7.03. The summed E-state index contributed by atoms with van der Waals surface area (Å²) in [5.74, 6) is -1.64. The van der Waals surface area contributed by atoms with Crippen LogP contribution in [0, 0.1) is 0 Å². The van der Waals surface area contributed by atoms with E-state index in [1.165, 1.54) is 26.0 Å². The number of hydrogen-bond acceptors (Lipinski definition) is 14. The Kier molecular flexibility index (Phi) is 15.9. The first kappa shape index (κ1) is 38.9. The third-order valence-electron chi connectivity index (χ3n) is 7.03. The van der Waals surface area contributed by atoms with Crippen molar-refractivity contribution in [3.63, 3.8) is 0 Å². The minimum absolute atomic E-state index is 0.174. The standard InChI is InChI=1S/C32H44O14/c1-17(11-7-13-19(3)29(41)45-31-27(39)25(37)23(35)21(15-33)43-31)9-5-6-10-18(2)12-8-14-20(4)30(42)46-32-28(40)26(38)24(36)22(16-34)44-32/h5-14,21-28,31-40H,15-16H2,1-4H3. The Hall–Kier alpha value is -3.28. The van der Waals surface area contributed by atoms with Gasteiger partial charge in [0.15, 0.2) is 0 Å². The molecule has 14 nitrogen and oxygen atoms in total. The van der Waals surface area contributed by atoms with Gasteiger partial charge in [-0.25, -0.2) is 9.59 Å². The number of allylic oxidation sites excluding steroid dienone is 12. The number of esters is 2. The summed E-state index contributed by atoms with van der Waals surface area (Å²) in [6.07, 6.45) is 1.59. The maximum Gasteiger partial charge on any atom is 0.336 e. The maximum absolute atomic E-state index is 12.3. The first-order valence-corrected chi connectivity index (χ1v) is 14.5. The van der Waals surface area contributed by atoms with E-state index in [1.807, 2.05) is 26.0 Å². The monoisotopic (exact) mass is 652 g/mol. The van der Waals surface area contributed by atoms with Crippen molar-refractivity contribution in [3.8, 4) is 0 Å². The van der Waals surface area contributed by atoms with Crippen LogP contribution >= 0.6 is 0 Å². The lowest BCUT2D eigenvalue weighted by Gasteiger charge is -2.39. The van der Waals surface area contributed by atoms with Crippen molar-refractivity contribution < 1.29 is 69.4 Å². The van der Waals surface area contributed by atoms with E-state index in [0.29, 0.717) is 0 Å². The van der Waals surface area contributed by atoms with Gasteiger partial charge in [0.1, 0.15) is 48.8 Å². The summed E-state index contributed by atoms with van der Waals surface area (Å²) >= 11 is 0. The van der Waals surface area contributed by atoms with Gasteiger partial charge in [-0.05, 0) is 27.7 Å². The molecule has 2 saturated heterocycles. The highest BCUT2D eigenvalue weighted by Gasteiger charge is 2.46. The Balaban J connectivity index is 1.86. The smallest absolute Gasteiger partial charge is 0.336 e. The molecular formula is C32H44O14. The van der Waals surface area contributed by atoms with Crippen LogP contribution in [0.2, 0.25) is 0 Å². The lowest BCUT2D eigenvalue weighted by Crippen LogP contribution is -2.59. The van der Waals surface area contributed by atoms with Gasteiger partial charge in [0.25, 0.3) is 0 Å². The molecule has 0 aliphatic carbocycles. The average molecular weight is 653 g/mol. The highest BCUT2D eigenvalue weighted by Crippen LogP contribution is 2.24. The largest absolute Gasteiger partial charge is 0.429 e. The van der Waals surface area contributed by atoms with Crippen molar-refractivity contribution in [2.45, 2.75) is 89.1 Å². The SMILES string of the molecule is CC(C=CC=C(C)C(=O)OC1OC(CO)C(O)C(O)C1O)=CC=CC=C(C)C=CC=C(C)C(=O)OC1OC(CO)C(O)C(O)C1O. The fourth-order valence-corrected chi connectivity index (χ4v) is 4.08. The van der Waals surface area contributed by atoms with Crippen molar-refractivity contribution in [2.75, 3.05) is 13.2 Å². The summed E-state index contributed by atoms with van der Waals surface area (Å²) < 4.78 is 20.5. The number of ether oxygens (including phenoxy) is 4. The Morgan fingerprint density at radius 2 is 0.891 bits per heavy atom. The van der Waals surface area contributed by atoms with Crippen LogP contribution in [0.5, 0.6) is 0 Å². The fourth-order valence-electron chi connectivity index (χ4n) is 4.08. The van der Waals surface area contributed by atoms with Crippen LogP contribution in [-0.2, 0) is 28.5 Å². The second-order valence-electron chi connectivity index (χ2n) is 10.8. The van der Waals surface area contributed by atoms with Gasteiger partial charge in [-0.1, -0.05) is 71.9 Å². The fraction of sp³-hybridized carbons (Fsp3) is 0.500. The van der Waals surface area contributed by atoms with E-state index in [-0.39, 0.29) is 11.1 Å². The van der Waals surface area contributed by atoms with E-state index >= 15 is 0 Å². The molecule has 8 N–H and O–H groups in total. The maximum atomic E-state index is 12.3. The van der Waals surface area contributed by atoms with Gasteiger partial charge in [-0.15, -0.1) is 0 Å². The number of hydrogen-bond donors (Lipinski definition) is 8. The van der Waals surface area contributed by atoms with Crippen molar-refractivity contribution in [1.29, 1.82) is 0 Å². The minimum atomic E-state index is -1.69. The summed E-state index contributed by atoms with van der Waals surface area (Å²) in [4.78, 5) is 24.7. The Morgan fingerprint density at radius 1 is 0.543 bits per heavy atom. The zero-order chi connectivity index (χ0) is 34.6. The molecule has 0 aromatic heterocycles. The number of rotatable bonds is 12. The van der Waals surface area contributed by atoms with E-state index < -0.39 is 86.6 Å². The van der Waals surface area contributed by atoms with E-state index in [0.717, 1.165) is 11.1 Å². The normalized spacial score (nSPS) is 33.7. The van der Waals surface area contributed by atoms with E-state index in [2.05, 4.69) is 0 Å². The highest BCUT2D eigenvalue weighted by molar-refractivity contribution is 5.88.